The Balaban J connectivity index is 2.24. The van der Waals surface area contributed by atoms with Crippen LogP contribution < -0.4 is 10.6 Å². The minimum Gasteiger partial charge on any atom is -0.366 e. The first kappa shape index (κ1) is 15.0. The number of amides is 2. The van der Waals surface area contributed by atoms with Crippen molar-refractivity contribution in [1.29, 1.82) is 0 Å². The van der Waals surface area contributed by atoms with Gasteiger partial charge in [-0.25, -0.2) is 0 Å². The van der Waals surface area contributed by atoms with Crippen LogP contribution in [-0.4, -0.2) is 18.4 Å². The van der Waals surface area contributed by atoms with Gasteiger partial charge in [-0.3, -0.25) is 9.59 Å². The third-order valence-corrected chi connectivity index (χ3v) is 3.67. The quantitative estimate of drug-likeness (QED) is 0.844. The highest BCUT2D eigenvalue weighted by molar-refractivity contribution is 6.04. The summed E-state index contributed by atoms with van der Waals surface area (Å²) < 4.78 is 0. The van der Waals surface area contributed by atoms with E-state index in [-0.39, 0.29) is 5.91 Å². The number of primary amides is 1. The SMILES string of the molecule is CCC=CC=CCN1C(=O)Cc2c1ccc(C(N)=O)c2C. The normalized spacial score (nSPS) is 14.4. The Labute approximate surface area is 124 Å². The second kappa shape index (κ2) is 6.39. The van der Waals surface area contributed by atoms with E-state index in [2.05, 4.69) is 13.0 Å². The Morgan fingerprint density at radius 1 is 1.33 bits per heavy atom. The third kappa shape index (κ3) is 3.05. The largest absolute Gasteiger partial charge is 0.366 e. The predicted molar refractivity (Wildman–Crippen MR) is 84.3 cm³/mol. The summed E-state index contributed by atoms with van der Waals surface area (Å²) in [4.78, 5) is 25.2. The molecule has 1 heterocycles. The fraction of sp³-hybridized carbons (Fsp3) is 0.294. The zero-order valence-corrected chi connectivity index (χ0v) is 12.4. The van der Waals surface area contributed by atoms with Gasteiger partial charge >= 0.3 is 0 Å². The lowest BCUT2D eigenvalue weighted by atomic mass is 10.00. The minimum atomic E-state index is -0.453. The van der Waals surface area contributed by atoms with E-state index in [0.717, 1.165) is 23.2 Å². The van der Waals surface area contributed by atoms with E-state index in [1.165, 1.54) is 0 Å². The van der Waals surface area contributed by atoms with Crippen LogP contribution in [0.2, 0.25) is 0 Å². The van der Waals surface area contributed by atoms with E-state index in [9.17, 15) is 9.59 Å². The van der Waals surface area contributed by atoms with E-state index in [4.69, 9.17) is 5.73 Å². The number of nitrogens with zero attached hydrogens (tertiary/aromatic N) is 1. The molecule has 0 fully saturated rings. The van der Waals surface area contributed by atoms with Crippen LogP contribution in [0.5, 0.6) is 0 Å². The predicted octanol–water partition coefficient (Wildman–Crippen LogP) is 2.51. The van der Waals surface area contributed by atoms with E-state index >= 15 is 0 Å². The summed E-state index contributed by atoms with van der Waals surface area (Å²) in [5.74, 6) is -0.398. The van der Waals surface area contributed by atoms with Crippen LogP contribution in [0.4, 0.5) is 5.69 Å². The Kier molecular flexibility index (Phi) is 4.58. The fourth-order valence-corrected chi connectivity index (χ4v) is 2.53. The van der Waals surface area contributed by atoms with Gasteiger partial charge in [0.1, 0.15) is 0 Å². The van der Waals surface area contributed by atoms with Crippen molar-refractivity contribution in [3.8, 4) is 0 Å². The molecular weight excluding hydrogens is 264 g/mol. The van der Waals surface area contributed by atoms with Crippen molar-refractivity contribution in [3.05, 3.63) is 53.1 Å². The van der Waals surface area contributed by atoms with Crippen LogP contribution in [0.1, 0.15) is 34.8 Å². The van der Waals surface area contributed by atoms with Crippen molar-refractivity contribution in [2.24, 2.45) is 5.73 Å². The number of carbonyl (C=O) groups is 2. The molecular formula is C17H20N2O2. The topological polar surface area (TPSA) is 63.4 Å². The summed E-state index contributed by atoms with van der Waals surface area (Å²) in [6, 6.07) is 3.51. The van der Waals surface area contributed by atoms with Gasteiger partial charge in [0.2, 0.25) is 11.8 Å². The van der Waals surface area contributed by atoms with Gasteiger partial charge in [0.15, 0.2) is 0 Å². The smallest absolute Gasteiger partial charge is 0.248 e. The Bertz CT molecular complexity index is 630. The monoisotopic (exact) mass is 284 g/mol. The molecule has 2 amide bonds. The lowest BCUT2D eigenvalue weighted by molar-refractivity contribution is -0.117. The summed E-state index contributed by atoms with van der Waals surface area (Å²) >= 11 is 0. The lowest BCUT2D eigenvalue weighted by Crippen LogP contribution is -2.26. The van der Waals surface area contributed by atoms with Gasteiger partial charge < -0.3 is 10.6 Å². The van der Waals surface area contributed by atoms with E-state index in [1.807, 2.05) is 31.2 Å². The van der Waals surface area contributed by atoms with Crippen molar-refractivity contribution in [2.45, 2.75) is 26.7 Å². The number of nitrogens with two attached hydrogens (primary N) is 1. The third-order valence-electron chi connectivity index (χ3n) is 3.67. The zero-order chi connectivity index (χ0) is 15.4. The molecule has 4 nitrogen and oxygen atoms in total. The maximum atomic E-state index is 12.1. The van der Waals surface area contributed by atoms with Crippen LogP contribution in [0.3, 0.4) is 0 Å². The molecule has 0 saturated heterocycles. The number of hydrogen-bond acceptors (Lipinski definition) is 2. The van der Waals surface area contributed by atoms with Crippen LogP contribution in [0.25, 0.3) is 0 Å². The van der Waals surface area contributed by atoms with Crippen LogP contribution >= 0.6 is 0 Å². The van der Waals surface area contributed by atoms with Crippen molar-refractivity contribution in [3.63, 3.8) is 0 Å². The highest BCUT2D eigenvalue weighted by atomic mass is 16.2. The fourth-order valence-electron chi connectivity index (χ4n) is 2.53. The van der Waals surface area contributed by atoms with E-state index in [1.54, 1.807) is 11.0 Å². The maximum Gasteiger partial charge on any atom is 0.248 e. The number of anilines is 1. The van der Waals surface area contributed by atoms with Gasteiger partial charge in [-0.1, -0.05) is 31.2 Å². The standard InChI is InChI=1S/C17H20N2O2/c1-3-4-5-6-7-10-19-15-9-8-13(17(18)21)12(2)14(15)11-16(19)20/h4-9H,3,10-11H2,1-2H3,(H2,18,21). The molecule has 0 radical (unpaired) electrons. The average molecular weight is 284 g/mol. The zero-order valence-electron chi connectivity index (χ0n) is 12.4. The number of hydrogen-bond donors (Lipinski definition) is 1. The molecule has 1 aliphatic heterocycles. The van der Waals surface area contributed by atoms with Crippen molar-refractivity contribution >= 4 is 17.5 Å². The molecule has 1 aliphatic rings. The van der Waals surface area contributed by atoms with Gasteiger partial charge in [-0.15, -0.1) is 0 Å². The molecule has 0 aromatic heterocycles. The summed E-state index contributed by atoms with van der Waals surface area (Å²) in [5.41, 5.74) is 8.44. The molecule has 21 heavy (non-hydrogen) atoms. The highest BCUT2D eigenvalue weighted by Gasteiger charge is 2.29. The van der Waals surface area contributed by atoms with Gasteiger partial charge in [0, 0.05) is 17.8 Å². The minimum absolute atomic E-state index is 0.0545. The number of rotatable bonds is 5. The molecule has 0 atom stereocenters. The van der Waals surface area contributed by atoms with E-state index < -0.39 is 5.91 Å². The summed E-state index contributed by atoms with van der Waals surface area (Å²) in [6.07, 6.45) is 9.25. The number of carbonyl (C=O) groups excluding carboxylic acids is 2. The number of fused-ring (bicyclic) bond motifs is 1. The molecule has 0 aliphatic carbocycles. The molecule has 0 bridgehead atoms. The Morgan fingerprint density at radius 3 is 2.71 bits per heavy atom. The summed E-state index contributed by atoms with van der Waals surface area (Å²) in [6.45, 7) is 4.45. The van der Waals surface area contributed by atoms with Gasteiger partial charge in [-0.05, 0) is 36.6 Å². The molecule has 110 valence electrons. The molecule has 0 spiro atoms. The second-order valence-corrected chi connectivity index (χ2v) is 5.05. The molecule has 1 aromatic carbocycles. The molecule has 0 unspecified atom stereocenters. The summed E-state index contributed by atoms with van der Waals surface area (Å²) in [5, 5.41) is 0. The Hall–Kier alpha value is -2.36. The van der Waals surface area contributed by atoms with Gasteiger partial charge in [0.25, 0.3) is 0 Å². The molecule has 0 saturated carbocycles. The van der Waals surface area contributed by atoms with Crippen molar-refractivity contribution < 1.29 is 9.59 Å². The van der Waals surface area contributed by atoms with E-state index in [0.29, 0.717) is 18.5 Å². The average Bonchev–Trinajstić information content (AvgIpc) is 2.76. The number of benzene rings is 1. The highest BCUT2D eigenvalue weighted by Crippen LogP contribution is 2.32. The maximum absolute atomic E-state index is 12.1. The molecule has 4 heteroatoms. The molecule has 2 rings (SSSR count). The first-order valence-corrected chi connectivity index (χ1v) is 7.10. The van der Waals surface area contributed by atoms with Gasteiger partial charge in [-0.2, -0.15) is 0 Å². The lowest BCUT2D eigenvalue weighted by Gasteiger charge is -2.16. The number of allylic oxidation sites excluding steroid dienone is 3. The van der Waals surface area contributed by atoms with Crippen LogP contribution in [-0.2, 0) is 11.2 Å². The van der Waals surface area contributed by atoms with Crippen molar-refractivity contribution in [2.75, 3.05) is 11.4 Å². The first-order valence-electron chi connectivity index (χ1n) is 7.10. The molecule has 2 N–H and O–H groups in total. The van der Waals surface area contributed by atoms with Crippen molar-refractivity contribution in [1.82, 2.24) is 0 Å². The van der Waals surface area contributed by atoms with Crippen LogP contribution in [0.15, 0.2) is 36.4 Å². The second-order valence-electron chi connectivity index (χ2n) is 5.05. The van der Waals surface area contributed by atoms with Gasteiger partial charge in [0.05, 0.1) is 6.42 Å². The molecule has 1 aromatic rings. The summed E-state index contributed by atoms with van der Waals surface area (Å²) in [7, 11) is 0. The van der Waals surface area contributed by atoms with Crippen LogP contribution in [0, 0.1) is 6.92 Å². The first-order chi connectivity index (χ1) is 10.1. The Morgan fingerprint density at radius 2 is 2.05 bits per heavy atom.